The van der Waals surface area contributed by atoms with Crippen LogP contribution in [0.2, 0.25) is 18.1 Å². The van der Waals surface area contributed by atoms with Crippen molar-refractivity contribution in [1.82, 2.24) is 0 Å². The molecule has 1 aliphatic rings. The molecule has 1 saturated carbocycles. The van der Waals surface area contributed by atoms with Gasteiger partial charge in [0.05, 0.1) is 22.4 Å². The van der Waals surface area contributed by atoms with Gasteiger partial charge in [0, 0.05) is 5.92 Å². The molecule has 0 aliphatic heterocycles. The average Bonchev–Trinajstić information content (AvgIpc) is 2.62. The van der Waals surface area contributed by atoms with E-state index in [1.807, 2.05) is 6.07 Å². The van der Waals surface area contributed by atoms with Gasteiger partial charge in [0.15, 0.2) is 18.2 Å². The van der Waals surface area contributed by atoms with Gasteiger partial charge in [-0.25, -0.2) is 8.42 Å². The van der Waals surface area contributed by atoms with Gasteiger partial charge in [-0.2, -0.15) is 0 Å². The second-order valence-electron chi connectivity index (χ2n) is 11.3. The molecule has 1 aromatic carbocycles. The van der Waals surface area contributed by atoms with E-state index in [-0.39, 0.29) is 23.5 Å². The Bertz CT molecular complexity index is 867. The van der Waals surface area contributed by atoms with Crippen molar-refractivity contribution in [2.24, 2.45) is 11.3 Å². The van der Waals surface area contributed by atoms with Crippen molar-refractivity contribution in [3.8, 4) is 0 Å². The lowest BCUT2D eigenvalue weighted by Gasteiger charge is -2.52. The number of aliphatic hydroxyl groups excluding tert-OH is 1. The van der Waals surface area contributed by atoms with Gasteiger partial charge in [-0.15, -0.1) is 0 Å². The predicted molar refractivity (Wildman–Crippen MR) is 131 cm³/mol. The van der Waals surface area contributed by atoms with E-state index in [0.717, 1.165) is 18.4 Å². The number of rotatable bonds is 7. The molecule has 0 heterocycles. The van der Waals surface area contributed by atoms with Crippen LogP contribution in [0.3, 0.4) is 0 Å². The zero-order valence-corrected chi connectivity index (χ0v) is 22.4. The third-order valence-corrected chi connectivity index (χ3v) is 14.1. The third-order valence-electron chi connectivity index (χ3n) is 7.46. The molecule has 4 nitrogen and oxygen atoms in total. The van der Waals surface area contributed by atoms with Crippen molar-refractivity contribution in [2.75, 3.05) is 0 Å². The molecule has 1 fully saturated rings. The Morgan fingerprint density at radius 2 is 1.77 bits per heavy atom. The molecule has 176 valence electrons. The van der Waals surface area contributed by atoms with Crippen LogP contribution in [0.25, 0.3) is 0 Å². The number of allylic oxidation sites excluding steroid dienone is 1. The number of aliphatic hydroxyl groups is 1. The van der Waals surface area contributed by atoms with Gasteiger partial charge in [0.1, 0.15) is 0 Å². The molecule has 6 heteroatoms. The Morgan fingerprint density at radius 1 is 1.23 bits per heavy atom. The molecule has 0 saturated heterocycles. The number of benzene rings is 1. The van der Waals surface area contributed by atoms with Gasteiger partial charge in [0.2, 0.25) is 0 Å². The molecule has 1 aliphatic carbocycles. The SMILES string of the molecule is C=C1CC[C@H](O[Si](C)(C)C(C)(C)C)C(C)(C)[C@@H]1C(CC(C)O)S(=O)(=O)c1ccccc1. The summed E-state index contributed by atoms with van der Waals surface area (Å²) in [6.45, 7) is 21.4. The lowest BCUT2D eigenvalue weighted by molar-refractivity contribution is -0.00227. The van der Waals surface area contributed by atoms with E-state index in [2.05, 4.69) is 54.3 Å². The maximum atomic E-state index is 13.8. The summed E-state index contributed by atoms with van der Waals surface area (Å²) in [5.74, 6) is -0.296. The fourth-order valence-electron chi connectivity index (χ4n) is 4.62. The second-order valence-corrected chi connectivity index (χ2v) is 18.3. The molecular formula is C25H42O4SSi. The molecule has 1 N–H and O–H groups in total. The predicted octanol–water partition coefficient (Wildman–Crippen LogP) is 5.98. The summed E-state index contributed by atoms with van der Waals surface area (Å²) in [5, 5.41) is 9.59. The summed E-state index contributed by atoms with van der Waals surface area (Å²) < 4.78 is 34.4. The van der Waals surface area contributed by atoms with Crippen LogP contribution in [0.15, 0.2) is 47.4 Å². The molecule has 2 rings (SSSR count). The van der Waals surface area contributed by atoms with Crippen molar-refractivity contribution in [2.45, 2.75) is 101 Å². The summed E-state index contributed by atoms with van der Waals surface area (Å²) in [4.78, 5) is 0.302. The minimum atomic E-state index is -3.66. The zero-order valence-electron chi connectivity index (χ0n) is 20.6. The lowest BCUT2D eigenvalue weighted by Crippen LogP contribution is -2.55. The first kappa shape index (κ1) is 26.3. The maximum Gasteiger partial charge on any atom is 0.192 e. The Hall–Kier alpha value is -0.953. The minimum absolute atomic E-state index is 0.0497. The molecule has 4 atom stereocenters. The van der Waals surface area contributed by atoms with Crippen molar-refractivity contribution < 1.29 is 18.0 Å². The molecule has 1 aromatic rings. The molecule has 31 heavy (non-hydrogen) atoms. The zero-order chi connectivity index (χ0) is 23.8. The van der Waals surface area contributed by atoms with E-state index >= 15 is 0 Å². The quantitative estimate of drug-likeness (QED) is 0.396. The summed E-state index contributed by atoms with van der Waals surface area (Å²) >= 11 is 0. The van der Waals surface area contributed by atoms with Crippen LogP contribution >= 0.6 is 0 Å². The highest BCUT2D eigenvalue weighted by atomic mass is 32.2. The highest BCUT2D eigenvalue weighted by Crippen LogP contribution is 2.51. The fraction of sp³-hybridized carbons (Fsp3) is 0.680. The first-order valence-corrected chi connectivity index (χ1v) is 15.8. The lowest BCUT2D eigenvalue weighted by atomic mass is 9.63. The minimum Gasteiger partial charge on any atom is -0.413 e. The van der Waals surface area contributed by atoms with Crippen molar-refractivity contribution in [3.63, 3.8) is 0 Å². The molecule has 0 bridgehead atoms. The van der Waals surface area contributed by atoms with Gasteiger partial charge in [-0.05, 0) is 61.9 Å². The average molecular weight is 467 g/mol. The monoisotopic (exact) mass is 466 g/mol. The van der Waals surface area contributed by atoms with Crippen LogP contribution in [0.1, 0.15) is 60.8 Å². The van der Waals surface area contributed by atoms with Crippen LogP contribution in [-0.2, 0) is 14.3 Å². The number of hydrogen-bond donors (Lipinski definition) is 1. The van der Waals surface area contributed by atoms with E-state index < -0.39 is 34.9 Å². The van der Waals surface area contributed by atoms with Gasteiger partial charge in [0.25, 0.3) is 0 Å². The van der Waals surface area contributed by atoms with Crippen LogP contribution < -0.4 is 0 Å². The second kappa shape index (κ2) is 9.12. The standard InChI is InChI=1S/C25H42O4SSi/c1-18-15-16-22(29-31(8,9)24(3,4)5)25(6,7)23(18)21(17-19(2)26)30(27,28)20-13-11-10-12-14-20/h10-14,19,21-23,26H,1,15-17H2,2-9H3/t19?,21?,22-,23-/m0/s1. The third kappa shape index (κ3) is 5.52. The summed E-state index contributed by atoms with van der Waals surface area (Å²) in [7, 11) is -5.70. The van der Waals surface area contributed by atoms with E-state index in [0.29, 0.717) is 4.90 Å². The number of hydrogen-bond acceptors (Lipinski definition) is 4. The van der Waals surface area contributed by atoms with Gasteiger partial charge < -0.3 is 9.53 Å². The Kier molecular flexibility index (Phi) is 7.74. The highest BCUT2D eigenvalue weighted by molar-refractivity contribution is 7.92. The highest BCUT2D eigenvalue weighted by Gasteiger charge is 2.52. The molecular weight excluding hydrogens is 424 g/mol. The normalized spacial score (nSPS) is 24.6. The maximum absolute atomic E-state index is 13.8. The van der Waals surface area contributed by atoms with Crippen molar-refractivity contribution in [1.29, 1.82) is 0 Å². The van der Waals surface area contributed by atoms with E-state index in [1.165, 1.54) is 0 Å². The first-order chi connectivity index (χ1) is 14.0. The molecule has 0 amide bonds. The van der Waals surface area contributed by atoms with E-state index in [1.54, 1.807) is 31.2 Å². The molecule has 0 aromatic heterocycles. The van der Waals surface area contributed by atoms with Gasteiger partial charge in [-0.3, -0.25) is 0 Å². The number of sulfone groups is 1. The first-order valence-electron chi connectivity index (χ1n) is 11.3. The largest absolute Gasteiger partial charge is 0.413 e. The fourth-order valence-corrected chi connectivity index (χ4v) is 8.42. The summed E-state index contributed by atoms with van der Waals surface area (Å²) in [5.41, 5.74) is 0.525. The summed E-state index contributed by atoms with van der Waals surface area (Å²) in [6.07, 6.45) is 0.993. The van der Waals surface area contributed by atoms with Crippen molar-refractivity contribution >= 4 is 18.2 Å². The van der Waals surface area contributed by atoms with Crippen LogP contribution in [0.5, 0.6) is 0 Å². The van der Waals surface area contributed by atoms with Gasteiger partial charge in [-0.1, -0.05) is 65.0 Å². The molecule has 2 unspecified atom stereocenters. The smallest absolute Gasteiger partial charge is 0.192 e. The molecule has 0 radical (unpaired) electrons. The summed E-state index contributed by atoms with van der Waals surface area (Å²) in [6, 6.07) is 8.60. The van der Waals surface area contributed by atoms with Crippen LogP contribution in [0, 0.1) is 11.3 Å². The van der Waals surface area contributed by atoms with Crippen LogP contribution in [-0.4, -0.2) is 39.3 Å². The van der Waals surface area contributed by atoms with E-state index in [9.17, 15) is 13.5 Å². The topological polar surface area (TPSA) is 63.6 Å². The van der Waals surface area contributed by atoms with E-state index in [4.69, 9.17) is 4.43 Å². The Labute approximate surface area is 191 Å². The van der Waals surface area contributed by atoms with Gasteiger partial charge >= 0.3 is 0 Å². The molecule has 0 spiro atoms. The Morgan fingerprint density at radius 3 is 2.26 bits per heavy atom. The van der Waals surface area contributed by atoms with Crippen molar-refractivity contribution in [3.05, 3.63) is 42.5 Å². The Balaban J connectivity index is 2.52. The van der Waals surface area contributed by atoms with Crippen LogP contribution in [0.4, 0.5) is 0 Å².